The van der Waals surface area contributed by atoms with Crippen LogP contribution in [0.4, 0.5) is 0 Å². The molecule has 0 radical (unpaired) electrons. The maximum absolute atomic E-state index is 9.07. The molecule has 2 rings (SSSR count). The maximum atomic E-state index is 9.07. The largest absolute Gasteiger partial charge is 0.390 e. The van der Waals surface area contributed by atoms with Gasteiger partial charge in [0.25, 0.3) is 0 Å². The molecular weight excluding hydrogens is 232 g/mol. The zero-order valence-electron chi connectivity index (χ0n) is 7.15. The average Bonchev–Trinajstić information content (AvgIpc) is 2.06. The lowest BCUT2D eigenvalue weighted by atomic mass is 10.1. The van der Waals surface area contributed by atoms with Gasteiger partial charge in [0.05, 0.1) is 11.8 Å². The molecule has 1 aromatic rings. The van der Waals surface area contributed by atoms with E-state index in [0.717, 1.165) is 29.8 Å². The summed E-state index contributed by atoms with van der Waals surface area (Å²) in [6, 6.07) is 3.98. The van der Waals surface area contributed by atoms with Crippen LogP contribution in [0.3, 0.4) is 0 Å². The van der Waals surface area contributed by atoms with Gasteiger partial charge in [-0.3, -0.25) is 9.88 Å². The summed E-state index contributed by atoms with van der Waals surface area (Å²) in [4.78, 5) is 6.42. The van der Waals surface area contributed by atoms with Crippen LogP contribution < -0.4 is 0 Å². The van der Waals surface area contributed by atoms with Crippen LogP contribution in [0.5, 0.6) is 0 Å². The first-order valence-electron chi connectivity index (χ1n) is 4.25. The Bertz CT molecular complexity index is 282. The Balaban J connectivity index is 1.91. The molecule has 1 aliphatic heterocycles. The minimum Gasteiger partial charge on any atom is -0.390 e. The second-order valence-electron chi connectivity index (χ2n) is 3.32. The lowest BCUT2D eigenvalue weighted by Crippen LogP contribution is -2.49. The fourth-order valence-corrected chi connectivity index (χ4v) is 1.64. The number of nitrogens with zero attached hydrogens (tertiary/aromatic N) is 2. The first-order valence-corrected chi connectivity index (χ1v) is 5.04. The van der Waals surface area contributed by atoms with Crippen molar-refractivity contribution in [3.8, 4) is 0 Å². The van der Waals surface area contributed by atoms with Crippen molar-refractivity contribution in [3.05, 3.63) is 28.5 Å². The summed E-state index contributed by atoms with van der Waals surface area (Å²) in [5.74, 6) is 0. The molecule has 0 bridgehead atoms. The molecule has 1 aromatic heterocycles. The van der Waals surface area contributed by atoms with Gasteiger partial charge in [-0.25, -0.2) is 0 Å². The standard InChI is InChI=1S/C9H11BrN2O/c10-7-1-2-8(11-3-7)4-12-5-9(13)6-12/h1-3,9,13H,4-6H2. The van der Waals surface area contributed by atoms with Crippen molar-refractivity contribution in [2.24, 2.45) is 0 Å². The van der Waals surface area contributed by atoms with Gasteiger partial charge in [0, 0.05) is 30.3 Å². The van der Waals surface area contributed by atoms with Gasteiger partial charge in [-0.15, -0.1) is 0 Å². The van der Waals surface area contributed by atoms with E-state index < -0.39 is 0 Å². The first kappa shape index (κ1) is 9.12. The van der Waals surface area contributed by atoms with Gasteiger partial charge in [-0.2, -0.15) is 0 Å². The van der Waals surface area contributed by atoms with Crippen LogP contribution in [0, 0.1) is 0 Å². The predicted octanol–water partition coefficient (Wildman–Crippen LogP) is 1.02. The zero-order valence-corrected chi connectivity index (χ0v) is 8.74. The lowest BCUT2D eigenvalue weighted by molar-refractivity contribution is -0.00354. The summed E-state index contributed by atoms with van der Waals surface area (Å²) in [5.41, 5.74) is 1.05. The average molecular weight is 243 g/mol. The van der Waals surface area contributed by atoms with Crippen molar-refractivity contribution < 1.29 is 5.11 Å². The molecule has 0 aliphatic carbocycles. The van der Waals surface area contributed by atoms with Crippen molar-refractivity contribution in [1.29, 1.82) is 0 Å². The number of aromatic nitrogens is 1. The summed E-state index contributed by atoms with van der Waals surface area (Å²) in [6.07, 6.45) is 1.67. The molecule has 4 heteroatoms. The Morgan fingerprint density at radius 3 is 2.85 bits per heavy atom. The fraction of sp³-hybridized carbons (Fsp3) is 0.444. The van der Waals surface area contributed by atoms with Gasteiger partial charge in [-0.1, -0.05) is 0 Å². The molecule has 1 N–H and O–H groups in total. The van der Waals surface area contributed by atoms with Crippen LogP contribution in [0.25, 0.3) is 0 Å². The van der Waals surface area contributed by atoms with E-state index in [4.69, 9.17) is 5.11 Å². The molecular formula is C9H11BrN2O. The SMILES string of the molecule is OC1CN(Cc2ccc(Br)cn2)C1. The highest BCUT2D eigenvalue weighted by Crippen LogP contribution is 2.13. The number of likely N-dealkylation sites (tertiary alicyclic amines) is 1. The minimum atomic E-state index is -0.129. The van der Waals surface area contributed by atoms with E-state index in [1.807, 2.05) is 12.1 Å². The number of hydrogen-bond acceptors (Lipinski definition) is 3. The Labute approximate surface area is 85.5 Å². The third-order valence-electron chi connectivity index (χ3n) is 2.11. The van der Waals surface area contributed by atoms with Gasteiger partial charge >= 0.3 is 0 Å². The molecule has 0 unspecified atom stereocenters. The summed E-state index contributed by atoms with van der Waals surface area (Å²) >= 11 is 3.34. The summed E-state index contributed by atoms with van der Waals surface area (Å²) in [7, 11) is 0. The van der Waals surface area contributed by atoms with Gasteiger partial charge in [0.1, 0.15) is 0 Å². The molecule has 70 valence electrons. The Kier molecular flexibility index (Phi) is 2.62. The minimum absolute atomic E-state index is 0.129. The predicted molar refractivity (Wildman–Crippen MR) is 53.2 cm³/mol. The molecule has 0 saturated carbocycles. The highest BCUT2D eigenvalue weighted by Gasteiger charge is 2.24. The lowest BCUT2D eigenvalue weighted by Gasteiger charge is -2.35. The fourth-order valence-electron chi connectivity index (χ4n) is 1.40. The van der Waals surface area contributed by atoms with Crippen molar-refractivity contribution >= 4 is 15.9 Å². The van der Waals surface area contributed by atoms with Gasteiger partial charge in [0.15, 0.2) is 0 Å². The van der Waals surface area contributed by atoms with Crippen LogP contribution >= 0.6 is 15.9 Å². The highest BCUT2D eigenvalue weighted by molar-refractivity contribution is 9.10. The van der Waals surface area contributed by atoms with Gasteiger partial charge in [-0.05, 0) is 28.1 Å². The van der Waals surface area contributed by atoms with Crippen LogP contribution in [-0.2, 0) is 6.54 Å². The monoisotopic (exact) mass is 242 g/mol. The smallest absolute Gasteiger partial charge is 0.0794 e. The molecule has 0 amide bonds. The number of rotatable bonds is 2. The Morgan fingerprint density at radius 1 is 1.54 bits per heavy atom. The number of hydrogen-bond donors (Lipinski definition) is 1. The van der Waals surface area contributed by atoms with E-state index in [1.165, 1.54) is 0 Å². The van der Waals surface area contributed by atoms with Crippen LogP contribution in [0.15, 0.2) is 22.8 Å². The summed E-state index contributed by atoms with van der Waals surface area (Å²) < 4.78 is 1.000. The third-order valence-corrected chi connectivity index (χ3v) is 2.58. The van der Waals surface area contributed by atoms with E-state index >= 15 is 0 Å². The molecule has 0 aromatic carbocycles. The van der Waals surface area contributed by atoms with Crippen molar-refractivity contribution in [3.63, 3.8) is 0 Å². The number of halogens is 1. The second-order valence-corrected chi connectivity index (χ2v) is 4.23. The molecule has 0 atom stereocenters. The molecule has 1 aliphatic rings. The van der Waals surface area contributed by atoms with E-state index in [9.17, 15) is 0 Å². The van der Waals surface area contributed by atoms with Crippen molar-refractivity contribution in [1.82, 2.24) is 9.88 Å². The van der Waals surface area contributed by atoms with Crippen LogP contribution in [0.2, 0.25) is 0 Å². The van der Waals surface area contributed by atoms with Gasteiger partial charge in [0.2, 0.25) is 0 Å². The van der Waals surface area contributed by atoms with Crippen molar-refractivity contribution in [2.45, 2.75) is 12.6 Å². The van der Waals surface area contributed by atoms with E-state index in [0.29, 0.717) is 0 Å². The maximum Gasteiger partial charge on any atom is 0.0794 e. The van der Waals surface area contributed by atoms with E-state index in [1.54, 1.807) is 6.20 Å². The summed E-state index contributed by atoms with van der Waals surface area (Å²) in [5, 5.41) is 9.07. The third kappa shape index (κ3) is 2.27. The highest BCUT2D eigenvalue weighted by atomic mass is 79.9. The van der Waals surface area contributed by atoms with E-state index in [-0.39, 0.29) is 6.10 Å². The Hall–Kier alpha value is -0.450. The number of aliphatic hydroxyl groups excluding tert-OH is 1. The molecule has 3 nitrogen and oxygen atoms in total. The topological polar surface area (TPSA) is 36.4 Å². The zero-order chi connectivity index (χ0) is 9.26. The summed E-state index contributed by atoms with van der Waals surface area (Å²) in [6.45, 7) is 2.39. The normalized spacial score (nSPS) is 18.6. The van der Waals surface area contributed by atoms with E-state index in [2.05, 4.69) is 25.8 Å². The second kappa shape index (κ2) is 3.74. The molecule has 0 spiro atoms. The molecule has 13 heavy (non-hydrogen) atoms. The number of β-amino-alcohol motifs (C(OH)–C–C–N with tert-alkyl or cyclic N) is 1. The van der Waals surface area contributed by atoms with Crippen LogP contribution in [-0.4, -0.2) is 34.2 Å². The van der Waals surface area contributed by atoms with Gasteiger partial charge < -0.3 is 5.11 Å². The number of aliphatic hydroxyl groups is 1. The molecule has 2 heterocycles. The quantitative estimate of drug-likeness (QED) is 0.842. The molecule has 1 saturated heterocycles. The van der Waals surface area contributed by atoms with Crippen molar-refractivity contribution in [2.75, 3.05) is 13.1 Å². The number of pyridine rings is 1. The molecule has 1 fully saturated rings. The Morgan fingerprint density at radius 2 is 2.31 bits per heavy atom. The first-order chi connectivity index (χ1) is 6.24. The van der Waals surface area contributed by atoms with Crippen LogP contribution in [0.1, 0.15) is 5.69 Å².